The van der Waals surface area contributed by atoms with Gasteiger partial charge in [-0.15, -0.1) is 0 Å². The molecule has 4 aromatic rings. The van der Waals surface area contributed by atoms with Gasteiger partial charge in [0.25, 0.3) is 5.91 Å². The number of sulfonamides is 1. The van der Waals surface area contributed by atoms with Crippen LogP contribution in [0, 0.1) is 0 Å². The third-order valence-corrected chi connectivity index (χ3v) is 6.39. The summed E-state index contributed by atoms with van der Waals surface area (Å²) in [7, 11) is -3.93. The Kier molecular flexibility index (Phi) is 5.82. The topological polar surface area (TPSA) is 147 Å². The highest BCUT2D eigenvalue weighted by molar-refractivity contribution is 7.89. The fourth-order valence-electron chi connectivity index (χ4n) is 3.01. The summed E-state index contributed by atoms with van der Waals surface area (Å²) < 4.78 is 30.4. The van der Waals surface area contributed by atoms with Crippen molar-refractivity contribution in [1.82, 2.24) is 14.5 Å². The first kappa shape index (κ1) is 21.7. The lowest BCUT2D eigenvalue weighted by atomic mass is 10.3. The predicted octanol–water partition coefficient (Wildman–Crippen LogP) is 1.60. The molecule has 0 unspecified atom stereocenters. The van der Waals surface area contributed by atoms with Crippen LogP contribution in [0.5, 0.6) is 0 Å². The fourth-order valence-corrected chi connectivity index (χ4v) is 4.69. The summed E-state index contributed by atoms with van der Waals surface area (Å²) in [5, 5.41) is 5.22. The van der Waals surface area contributed by atoms with Crippen molar-refractivity contribution in [3.05, 3.63) is 59.2 Å². The Bertz CT molecular complexity index is 1540. The van der Waals surface area contributed by atoms with Crippen molar-refractivity contribution in [1.29, 1.82) is 0 Å². The molecule has 0 bridgehead atoms. The second-order valence-electron chi connectivity index (χ2n) is 6.61. The van der Waals surface area contributed by atoms with Gasteiger partial charge in [-0.05, 0) is 37.3 Å². The Morgan fingerprint density at radius 2 is 1.94 bits per heavy atom. The van der Waals surface area contributed by atoms with Crippen LogP contribution < -0.4 is 9.94 Å². The first-order valence-corrected chi connectivity index (χ1v) is 11.7. The predicted molar refractivity (Wildman–Crippen MR) is 117 cm³/mol. The maximum atomic E-state index is 12.8. The number of nitrogens with zero attached hydrogens (tertiary/aromatic N) is 4. The first-order chi connectivity index (χ1) is 15.3. The van der Waals surface area contributed by atoms with Crippen molar-refractivity contribution in [3.8, 4) is 0 Å². The van der Waals surface area contributed by atoms with E-state index >= 15 is 0 Å². The summed E-state index contributed by atoms with van der Waals surface area (Å²) in [5.74, 6) is -1.18. The first-order valence-electron chi connectivity index (χ1n) is 9.39. The number of hydrogen-bond acceptors (Lipinski definition) is 8. The SMILES string of the molecule is CCOC(=O)Cn1c(=NC(=O)c2cnc3ccccc3n2)sc2cc(S(N)(=O)=O)ccc21. The number of thiazole rings is 1. The second-order valence-corrected chi connectivity index (χ2v) is 9.18. The Morgan fingerprint density at radius 3 is 2.66 bits per heavy atom. The third-order valence-electron chi connectivity index (χ3n) is 4.44. The van der Waals surface area contributed by atoms with Crippen molar-refractivity contribution in [2.45, 2.75) is 18.4 Å². The van der Waals surface area contributed by atoms with Crippen LogP contribution in [0.2, 0.25) is 0 Å². The van der Waals surface area contributed by atoms with Gasteiger partial charge in [0.15, 0.2) is 4.80 Å². The quantitative estimate of drug-likeness (QED) is 0.435. The monoisotopic (exact) mass is 471 g/mol. The van der Waals surface area contributed by atoms with E-state index in [1.165, 1.54) is 29.0 Å². The number of primary sulfonamides is 1. The summed E-state index contributed by atoms with van der Waals surface area (Å²) in [6.45, 7) is 1.66. The minimum Gasteiger partial charge on any atom is -0.465 e. The van der Waals surface area contributed by atoms with E-state index in [9.17, 15) is 18.0 Å². The molecule has 0 saturated heterocycles. The van der Waals surface area contributed by atoms with E-state index in [4.69, 9.17) is 9.88 Å². The number of ether oxygens (including phenoxy) is 1. The number of esters is 1. The van der Waals surface area contributed by atoms with E-state index in [1.807, 2.05) is 6.07 Å². The zero-order valence-electron chi connectivity index (χ0n) is 16.8. The van der Waals surface area contributed by atoms with Gasteiger partial charge in [0.1, 0.15) is 12.2 Å². The largest absolute Gasteiger partial charge is 0.465 e. The fraction of sp³-hybridized carbons (Fsp3) is 0.150. The standard InChI is InChI=1S/C20H17N5O5S2/c1-2-30-18(26)11-25-16-8-7-12(32(21,28)29)9-17(16)31-20(25)24-19(27)15-10-22-13-5-3-4-6-14(13)23-15/h3-10H,2,11H2,1H3,(H2,21,28,29). The van der Waals surface area contributed by atoms with Crippen LogP contribution in [0.15, 0.2) is 58.5 Å². The van der Waals surface area contributed by atoms with E-state index in [1.54, 1.807) is 25.1 Å². The number of carbonyl (C=O) groups excluding carboxylic acids is 2. The van der Waals surface area contributed by atoms with E-state index in [2.05, 4.69) is 15.0 Å². The van der Waals surface area contributed by atoms with Crippen molar-refractivity contribution >= 4 is 54.5 Å². The molecule has 0 saturated carbocycles. The van der Waals surface area contributed by atoms with Crippen LogP contribution in [0.4, 0.5) is 0 Å². The van der Waals surface area contributed by atoms with Gasteiger partial charge < -0.3 is 9.30 Å². The molecule has 2 aromatic heterocycles. The van der Waals surface area contributed by atoms with Crippen LogP contribution >= 0.6 is 11.3 Å². The number of amides is 1. The van der Waals surface area contributed by atoms with E-state index in [0.717, 1.165) is 11.3 Å². The Balaban J connectivity index is 1.85. The van der Waals surface area contributed by atoms with E-state index in [0.29, 0.717) is 21.3 Å². The molecule has 0 fully saturated rings. The van der Waals surface area contributed by atoms with Gasteiger partial charge in [-0.1, -0.05) is 23.5 Å². The number of fused-ring (bicyclic) bond motifs is 2. The molecule has 12 heteroatoms. The van der Waals surface area contributed by atoms with Crippen LogP contribution in [0.25, 0.3) is 21.3 Å². The zero-order valence-corrected chi connectivity index (χ0v) is 18.4. The molecule has 10 nitrogen and oxygen atoms in total. The summed E-state index contributed by atoms with van der Waals surface area (Å²) in [5.41, 5.74) is 1.72. The summed E-state index contributed by atoms with van der Waals surface area (Å²) in [6.07, 6.45) is 1.33. The molecular weight excluding hydrogens is 454 g/mol. The second kappa shape index (κ2) is 8.57. The summed E-state index contributed by atoms with van der Waals surface area (Å²) in [4.78, 5) is 37.7. The summed E-state index contributed by atoms with van der Waals surface area (Å²) in [6, 6.07) is 11.3. The molecular formula is C20H17N5O5S2. The number of carbonyl (C=O) groups is 2. The minimum atomic E-state index is -3.93. The molecule has 2 N–H and O–H groups in total. The maximum absolute atomic E-state index is 12.8. The Hall–Kier alpha value is -3.48. The number of aromatic nitrogens is 3. The molecule has 0 aliphatic rings. The molecule has 2 aromatic carbocycles. The highest BCUT2D eigenvalue weighted by Gasteiger charge is 2.16. The van der Waals surface area contributed by atoms with Gasteiger partial charge >= 0.3 is 5.97 Å². The lowest BCUT2D eigenvalue weighted by Gasteiger charge is -2.05. The smallest absolute Gasteiger partial charge is 0.326 e. The average molecular weight is 472 g/mol. The van der Waals surface area contributed by atoms with Crippen LogP contribution in [-0.2, 0) is 26.1 Å². The summed E-state index contributed by atoms with van der Waals surface area (Å²) >= 11 is 1.04. The molecule has 0 aliphatic heterocycles. The average Bonchev–Trinajstić information content (AvgIpc) is 3.09. The van der Waals surface area contributed by atoms with Gasteiger partial charge in [-0.2, -0.15) is 4.99 Å². The van der Waals surface area contributed by atoms with Crippen LogP contribution in [0.1, 0.15) is 17.4 Å². The molecule has 0 aliphatic carbocycles. The van der Waals surface area contributed by atoms with Crippen LogP contribution in [-0.4, -0.2) is 41.4 Å². The van der Waals surface area contributed by atoms with Gasteiger partial charge in [-0.3, -0.25) is 14.6 Å². The highest BCUT2D eigenvalue weighted by atomic mass is 32.2. The highest BCUT2D eigenvalue weighted by Crippen LogP contribution is 2.21. The normalized spacial score (nSPS) is 12.4. The van der Waals surface area contributed by atoms with E-state index < -0.39 is 21.9 Å². The van der Waals surface area contributed by atoms with Crippen molar-refractivity contribution in [2.24, 2.45) is 10.1 Å². The maximum Gasteiger partial charge on any atom is 0.326 e. The number of hydrogen-bond donors (Lipinski definition) is 1. The Labute approximate surface area is 186 Å². The molecule has 0 radical (unpaired) electrons. The van der Waals surface area contributed by atoms with Gasteiger partial charge in [-0.25, -0.2) is 18.5 Å². The molecule has 32 heavy (non-hydrogen) atoms. The van der Waals surface area contributed by atoms with Crippen molar-refractivity contribution in [2.75, 3.05) is 6.61 Å². The lowest BCUT2D eigenvalue weighted by molar-refractivity contribution is -0.143. The molecule has 4 rings (SSSR count). The minimum absolute atomic E-state index is 0.0362. The van der Waals surface area contributed by atoms with E-state index in [-0.39, 0.29) is 28.5 Å². The Morgan fingerprint density at radius 1 is 1.19 bits per heavy atom. The van der Waals surface area contributed by atoms with Gasteiger partial charge in [0, 0.05) is 0 Å². The van der Waals surface area contributed by atoms with Gasteiger partial charge in [0.2, 0.25) is 10.0 Å². The molecule has 164 valence electrons. The zero-order chi connectivity index (χ0) is 22.9. The number of benzene rings is 2. The molecule has 0 atom stereocenters. The number of rotatable bonds is 5. The lowest BCUT2D eigenvalue weighted by Crippen LogP contribution is -2.23. The van der Waals surface area contributed by atoms with Crippen molar-refractivity contribution in [3.63, 3.8) is 0 Å². The van der Waals surface area contributed by atoms with Gasteiger partial charge in [0.05, 0.1) is 38.9 Å². The number of para-hydroxylation sites is 2. The third kappa shape index (κ3) is 4.42. The molecule has 0 spiro atoms. The molecule has 1 amide bonds. The number of nitrogens with two attached hydrogens (primary N) is 1. The van der Waals surface area contributed by atoms with Crippen molar-refractivity contribution < 1.29 is 22.7 Å². The molecule has 2 heterocycles. The van der Waals surface area contributed by atoms with Crippen LogP contribution in [0.3, 0.4) is 0 Å².